The number of fused-ring (bicyclic) bond motifs is 1. The van der Waals surface area contributed by atoms with Gasteiger partial charge in [0.05, 0.1) is 6.04 Å². The summed E-state index contributed by atoms with van der Waals surface area (Å²) in [5, 5.41) is 2.17. The maximum absolute atomic E-state index is 12.7. The Morgan fingerprint density at radius 3 is 2.71 bits per heavy atom. The highest BCUT2D eigenvalue weighted by molar-refractivity contribution is 6.35. The molecule has 0 saturated carbocycles. The summed E-state index contributed by atoms with van der Waals surface area (Å²) in [7, 11) is 0. The third-order valence-corrected chi connectivity index (χ3v) is 5.62. The largest absolute Gasteiger partial charge is 0.456 e. The molecule has 0 fully saturated rings. The normalized spacial score (nSPS) is 15.5. The third-order valence-electron chi connectivity index (χ3n) is 5.03. The SMILES string of the molecule is NC(Cc1ccc(Cl)cc1Cl)C(=O)N1CC=C(c2cc3ccccc3o2)CC1. The molecule has 1 aliphatic heterocycles. The molecular weight excluding hydrogens is 395 g/mol. The topological polar surface area (TPSA) is 59.5 Å². The fraction of sp³-hybridized carbons (Fsp3) is 0.227. The predicted molar refractivity (Wildman–Crippen MR) is 114 cm³/mol. The molecule has 0 spiro atoms. The number of para-hydroxylation sites is 1. The fourth-order valence-corrected chi connectivity index (χ4v) is 3.96. The number of carbonyl (C=O) groups excluding carboxylic acids is 1. The minimum atomic E-state index is -0.639. The van der Waals surface area contributed by atoms with Gasteiger partial charge in [0.2, 0.25) is 5.91 Å². The van der Waals surface area contributed by atoms with Gasteiger partial charge in [-0.25, -0.2) is 0 Å². The Bertz CT molecular complexity index is 1020. The summed E-state index contributed by atoms with van der Waals surface area (Å²) in [5.41, 5.74) is 8.98. The first-order valence-electron chi connectivity index (χ1n) is 9.17. The third kappa shape index (κ3) is 3.95. The number of amides is 1. The molecule has 1 aromatic heterocycles. The standard InChI is InChI=1S/C22H20Cl2N2O2/c23-17-6-5-15(18(24)13-17)11-19(25)22(27)26-9-7-14(8-10-26)21-12-16-3-1-2-4-20(16)28-21/h1-7,12-13,19H,8-11,25H2. The number of rotatable bonds is 4. The lowest BCUT2D eigenvalue weighted by Gasteiger charge is -2.28. The molecule has 3 aromatic rings. The van der Waals surface area contributed by atoms with Crippen molar-refractivity contribution >= 4 is 45.7 Å². The Kier molecular flexibility index (Phi) is 5.44. The Labute approximate surface area is 173 Å². The minimum Gasteiger partial charge on any atom is -0.456 e. The first kappa shape index (κ1) is 19.1. The molecule has 28 heavy (non-hydrogen) atoms. The Hall–Kier alpha value is -2.27. The molecule has 2 heterocycles. The second kappa shape index (κ2) is 8.00. The Morgan fingerprint density at radius 1 is 1.18 bits per heavy atom. The van der Waals surface area contributed by atoms with Crippen molar-refractivity contribution in [3.05, 3.63) is 76.0 Å². The summed E-state index contributed by atoms with van der Waals surface area (Å²) in [6, 6.07) is 14.6. The highest BCUT2D eigenvalue weighted by Crippen LogP contribution is 2.29. The fourth-order valence-electron chi connectivity index (χ4n) is 3.48. The van der Waals surface area contributed by atoms with Crippen molar-refractivity contribution < 1.29 is 9.21 Å². The van der Waals surface area contributed by atoms with E-state index in [0.717, 1.165) is 34.3 Å². The van der Waals surface area contributed by atoms with Crippen LogP contribution in [0.2, 0.25) is 10.0 Å². The van der Waals surface area contributed by atoms with Crippen LogP contribution in [0.3, 0.4) is 0 Å². The number of carbonyl (C=O) groups is 1. The average Bonchev–Trinajstić information content (AvgIpc) is 3.14. The molecule has 6 heteroatoms. The molecule has 1 amide bonds. The Balaban J connectivity index is 1.42. The zero-order valence-electron chi connectivity index (χ0n) is 15.2. The number of nitrogens with zero attached hydrogens (tertiary/aromatic N) is 1. The molecule has 4 rings (SSSR count). The number of furan rings is 1. The zero-order chi connectivity index (χ0) is 19.7. The van der Waals surface area contributed by atoms with Crippen molar-refractivity contribution in [2.75, 3.05) is 13.1 Å². The van der Waals surface area contributed by atoms with Crippen molar-refractivity contribution in [2.24, 2.45) is 5.73 Å². The van der Waals surface area contributed by atoms with E-state index in [0.29, 0.717) is 29.6 Å². The molecular formula is C22H20Cl2N2O2. The van der Waals surface area contributed by atoms with E-state index >= 15 is 0 Å². The molecule has 4 nitrogen and oxygen atoms in total. The van der Waals surface area contributed by atoms with E-state index in [1.54, 1.807) is 17.0 Å². The van der Waals surface area contributed by atoms with Crippen molar-refractivity contribution in [2.45, 2.75) is 18.9 Å². The van der Waals surface area contributed by atoms with Crippen LogP contribution in [-0.4, -0.2) is 29.9 Å². The molecule has 2 aromatic carbocycles. The van der Waals surface area contributed by atoms with Crippen LogP contribution in [0, 0.1) is 0 Å². The van der Waals surface area contributed by atoms with E-state index in [4.69, 9.17) is 33.4 Å². The molecule has 144 valence electrons. The Morgan fingerprint density at radius 2 is 2.00 bits per heavy atom. The first-order chi connectivity index (χ1) is 13.5. The molecule has 0 radical (unpaired) electrons. The van der Waals surface area contributed by atoms with Crippen molar-refractivity contribution in [3.8, 4) is 0 Å². The summed E-state index contributed by atoms with van der Waals surface area (Å²) in [6.07, 6.45) is 3.16. The second-order valence-electron chi connectivity index (χ2n) is 6.96. The summed E-state index contributed by atoms with van der Waals surface area (Å²) in [4.78, 5) is 14.5. The van der Waals surface area contributed by atoms with Crippen LogP contribution in [0.25, 0.3) is 16.5 Å². The van der Waals surface area contributed by atoms with Gasteiger partial charge >= 0.3 is 0 Å². The van der Waals surface area contributed by atoms with Crippen molar-refractivity contribution in [1.29, 1.82) is 0 Å². The molecule has 1 unspecified atom stereocenters. The minimum absolute atomic E-state index is 0.0778. The van der Waals surface area contributed by atoms with Gasteiger partial charge in [-0.05, 0) is 48.2 Å². The van der Waals surface area contributed by atoms with Gasteiger partial charge in [0.25, 0.3) is 0 Å². The highest BCUT2D eigenvalue weighted by atomic mass is 35.5. The van der Waals surface area contributed by atoms with Crippen molar-refractivity contribution in [3.63, 3.8) is 0 Å². The number of hydrogen-bond acceptors (Lipinski definition) is 3. The van der Waals surface area contributed by atoms with E-state index in [1.807, 2.05) is 42.5 Å². The van der Waals surface area contributed by atoms with Crippen LogP contribution < -0.4 is 5.73 Å². The number of halogens is 2. The predicted octanol–water partition coefficient (Wildman–Crippen LogP) is 4.93. The maximum Gasteiger partial charge on any atom is 0.240 e. The smallest absolute Gasteiger partial charge is 0.240 e. The first-order valence-corrected chi connectivity index (χ1v) is 9.93. The lowest BCUT2D eigenvalue weighted by molar-refractivity contribution is -0.132. The highest BCUT2D eigenvalue weighted by Gasteiger charge is 2.24. The number of benzene rings is 2. The van der Waals surface area contributed by atoms with Gasteiger partial charge < -0.3 is 15.1 Å². The van der Waals surface area contributed by atoms with Crippen LogP contribution >= 0.6 is 23.2 Å². The van der Waals surface area contributed by atoms with Gasteiger partial charge in [0, 0.05) is 28.5 Å². The van der Waals surface area contributed by atoms with Crippen molar-refractivity contribution in [1.82, 2.24) is 4.90 Å². The van der Waals surface area contributed by atoms with Gasteiger partial charge in [-0.15, -0.1) is 0 Å². The van der Waals surface area contributed by atoms with Crippen LogP contribution in [-0.2, 0) is 11.2 Å². The maximum atomic E-state index is 12.7. The summed E-state index contributed by atoms with van der Waals surface area (Å²) in [5.74, 6) is 0.788. The summed E-state index contributed by atoms with van der Waals surface area (Å²) >= 11 is 12.1. The van der Waals surface area contributed by atoms with Crippen LogP contribution in [0.1, 0.15) is 17.7 Å². The molecule has 1 atom stereocenters. The van der Waals surface area contributed by atoms with E-state index in [-0.39, 0.29) is 5.91 Å². The van der Waals surface area contributed by atoms with Gasteiger partial charge in [-0.2, -0.15) is 0 Å². The summed E-state index contributed by atoms with van der Waals surface area (Å²) in [6.45, 7) is 1.14. The molecule has 0 aliphatic carbocycles. The molecule has 0 bridgehead atoms. The van der Waals surface area contributed by atoms with Gasteiger partial charge in [-0.3, -0.25) is 4.79 Å². The van der Waals surface area contributed by atoms with E-state index in [2.05, 4.69) is 0 Å². The van der Waals surface area contributed by atoms with Crippen LogP contribution in [0.5, 0.6) is 0 Å². The van der Waals surface area contributed by atoms with Gasteiger partial charge in [-0.1, -0.05) is 53.5 Å². The lowest BCUT2D eigenvalue weighted by Crippen LogP contribution is -2.46. The molecule has 0 saturated heterocycles. The quantitative estimate of drug-likeness (QED) is 0.658. The lowest BCUT2D eigenvalue weighted by atomic mass is 10.0. The summed E-state index contributed by atoms with van der Waals surface area (Å²) < 4.78 is 5.93. The molecule has 1 aliphatic rings. The van der Waals surface area contributed by atoms with E-state index in [1.165, 1.54) is 0 Å². The number of nitrogens with two attached hydrogens (primary N) is 1. The van der Waals surface area contributed by atoms with Crippen LogP contribution in [0.4, 0.5) is 0 Å². The second-order valence-corrected chi connectivity index (χ2v) is 7.80. The van der Waals surface area contributed by atoms with Gasteiger partial charge in [0.15, 0.2) is 0 Å². The zero-order valence-corrected chi connectivity index (χ0v) is 16.7. The van der Waals surface area contributed by atoms with Crippen LogP contribution in [0.15, 0.2) is 59.0 Å². The van der Waals surface area contributed by atoms with E-state index < -0.39 is 6.04 Å². The monoisotopic (exact) mass is 414 g/mol. The van der Waals surface area contributed by atoms with Gasteiger partial charge in [0.1, 0.15) is 11.3 Å². The van der Waals surface area contributed by atoms with E-state index in [9.17, 15) is 4.79 Å². The molecule has 2 N–H and O–H groups in total. The number of hydrogen-bond donors (Lipinski definition) is 1. The average molecular weight is 415 g/mol.